The summed E-state index contributed by atoms with van der Waals surface area (Å²) in [4.78, 5) is 9.74. The average molecular weight is 444 g/mol. The molecule has 0 unspecified atom stereocenters. The fraction of sp³-hybridized carbons (Fsp3) is 0.167. The molecule has 0 bridgehead atoms. The quantitative estimate of drug-likeness (QED) is 0.382. The lowest BCUT2D eigenvalue weighted by Crippen LogP contribution is -2.08. The predicted octanol–water partition coefficient (Wildman–Crippen LogP) is 6.12. The van der Waals surface area contributed by atoms with Crippen LogP contribution in [0.2, 0.25) is 0 Å². The molecule has 1 fully saturated rings. The van der Waals surface area contributed by atoms with E-state index in [2.05, 4.69) is 61.9 Å². The molecular formula is C24H18BrN3O. The molecule has 3 heterocycles. The highest BCUT2D eigenvalue weighted by Crippen LogP contribution is 2.42. The molecule has 0 radical (unpaired) electrons. The molecule has 0 atom stereocenters. The van der Waals surface area contributed by atoms with Crippen molar-refractivity contribution < 1.29 is 4.42 Å². The topological polar surface area (TPSA) is 43.3 Å². The van der Waals surface area contributed by atoms with Gasteiger partial charge < -0.3 is 4.42 Å². The number of aromatic nitrogens is 2. The van der Waals surface area contributed by atoms with Gasteiger partial charge in [0.05, 0.1) is 29.9 Å². The van der Waals surface area contributed by atoms with Gasteiger partial charge in [-0.1, -0.05) is 40.2 Å². The van der Waals surface area contributed by atoms with Gasteiger partial charge in [-0.3, -0.25) is 9.56 Å². The molecule has 1 aliphatic carbocycles. The van der Waals surface area contributed by atoms with Gasteiger partial charge in [-0.25, -0.2) is 4.98 Å². The van der Waals surface area contributed by atoms with Gasteiger partial charge in [-0.15, -0.1) is 0 Å². The second-order valence-electron chi connectivity index (χ2n) is 7.58. The second-order valence-corrected chi connectivity index (χ2v) is 8.44. The van der Waals surface area contributed by atoms with E-state index in [1.165, 1.54) is 18.4 Å². The van der Waals surface area contributed by atoms with Gasteiger partial charge in [0.2, 0.25) is 0 Å². The van der Waals surface area contributed by atoms with Crippen molar-refractivity contribution in [2.45, 2.75) is 25.3 Å². The van der Waals surface area contributed by atoms with Crippen LogP contribution in [0.4, 0.5) is 0 Å². The first-order valence-corrected chi connectivity index (χ1v) is 10.6. The molecule has 0 spiro atoms. The first-order chi connectivity index (χ1) is 14.3. The summed E-state index contributed by atoms with van der Waals surface area (Å²) in [6, 6.07) is 18.9. The molecule has 29 heavy (non-hydrogen) atoms. The van der Waals surface area contributed by atoms with Gasteiger partial charge in [-0.2, -0.15) is 0 Å². The van der Waals surface area contributed by atoms with Crippen molar-refractivity contribution in [3.8, 4) is 17.1 Å². The van der Waals surface area contributed by atoms with E-state index in [-0.39, 0.29) is 0 Å². The summed E-state index contributed by atoms with van der Waals surface area (Å²) in [5.74, 6) is 1.46. The van der Waals surface area contributed by atoms with E-state index in [4.69, 9.17) is 9.41 Å². The van der Waals surface area contributed by atoms with Crippen LogP contribution in [0, 0.1) is 0 Å². The summed E-state index contributed by atoms with van der Waals surface area (Å²) in [6.07, 6.45) is 6.13. The van der Waals surface area contributed by atoms with Gasteiger partial charge >= 0.3 is 0 Å². The van der Waals surface area contributed by atoms with Crippen molar-refractivity contribution in [2.75, 3.05) is 0 Å². The summed E-state index contributed by atoms with van der Waals surface area (Å²) in [5, 5.41) is 0. The standard InChI is InChI=1S/C24H18BrN3O/c25-19-5-2-1-4-17(19)23-18-12-16(15-7-8-15)9-10-20(18)28-14-27-24(21(28)13-26-23)22-6-3-11-29-22/h1-6,9-12,14-15H,7-8,13H2. The van der Waals surface area contributed by atoms with Crippen molar-refractivity contribution in [3.05, 3.63) is 94.0 Å². The van der Waals surface area contributed by atoms with Crippen LogP contribution in [-0.2, 0) is 6.54 Å². The summed E-state index contributed by atoms with van der Waals surface area (Å²) in [6.45, 7) is 0.542. The van der Waals surface area contributed by atoms with Crippen molar-refractivity contribution in [1.82, 2.24) is 9.55 Å². The SMILES string of the molecule is Brc1ccccc1C1=NCc2c(-c3ccco3)ncn2-c2ccc(C3CC3)cc21. The molecule has 4 aromatic rings. The molecule has 0 N–H and O–H groups in total. The van der Waals surface area contributed by atoms with Crippen LogP contribution in [0.25, 0.3) is 17.1 Å². The molecule has 0 amide bonds. The number of hydrogen-bond acceptors (Lipinski definition) is 3. The molecule has 2 aliphatic rings. The van der Waals surface area contributed by atoms with Crippen molar-refractivity contribution >= 4 is 21.6 Å². The Kier molecular flexibility index (Phi) is 3.84. The molecule has 2 aromatic carbocycles. The molecule has 1 aliphatic heterocycles. The number of rotatable bonds is 3. The Bertz CT molecular complexity index is 1250. The number of aliphatic imine (C=N–C) groups is 1. The normalized spacial score (nSPS) is 15.4. The highest BCUT2D eigenvalue weighted by atomic mass is 79.9. The number of benzene rings is 2. The largest absolute Gasteiger partial charge is 0.463 e. The number of nitrogens with zero attached hydrogens (tertiary/aromatic N) is 3. The number of imidazole rings is 1. The van der Waals surface area contributed by atoms with Crippen LogP contribution in [0.1, 0.15) is 41.1 Å². The van der Waals surface area contributed by atoms with Crippen LogP contribution >= 0.6 is 15.9 Å². The van der Waals surface area contributed by atoms with Crippen molar-refractivity contribution in [2.24, 2.45) is 4.99 Å². The number of hydrogen-bond donors (Lipinski definition) is 0. The van der Waals surface area contributed by atoms with E-state index in [9.17, 15) is 0 Å². The van der Waals surface area contributed by atoms with Crippen LogP contribution in [0.15, 0.2) is 81.1 Å². The van der Waals surface area contributed by atoms with Crippen LogP contribution in [0.3, 0.4) is 0 Å². The van der Waals surface area contributed by atoms with E-state index in [0.717, 1.165) is 44.1 Å². The summed E-state index contributed by atoms with van der Waals surface area (Å²) in [5.41, 5.74) is 7.69. The minimum absolute atomic E-state index is 0.542. The lowest BCUT2D eigenvalue weighted by molar-refractivity contribution is 0.579. The zero-order valence-electron chi connectivity index (χ0n) is 15.7. The Morgan fingerprint density at radius 3 is 2.69 bits per heavy atom. The smallest absolute Gasteiger partial charge is 0.154 e. The molecule has 5 heteroatoms. The lowest BCUT2D eigenvalue weighted by atomic mass is 9.97. The first-order valence-electron chi connectivity index (χ1n) is 9.84. The minimum Gasteiger partial charge on any atom is -0.463 e. The van der Waals surface area contributed by atoms with Gasteiger partial charge in [0.25, 0.3) is 0 Å². The molecule has 2 aromatic heterocycles. The van der Waals surface area contributed by atoms with E-state index in [1.807, 2.05) is 24.5 Å². The maximum absolute atomic E-state index is 5.63. The Labute approximate surface area is 177 Å². The third-order valence-electron chi connectivity index (χ3n) is 5.72. The van der Waals surface area contributed by atoms with E-state index in [0.29, 0.717) is 12.5 Å². The van der Waals surface area contributed by atoms with Crippen LogP contribution in [0.5, 0.6) is 0 Å². The molecular weight excluding hydrogens is 426 g/mol. The molecule has 1 saturated carbocycles. The van der Waals surface area contributed by atoms with Gasteiger partial charge in [0.1, 0.15) is 12.0 Å². The van der Waals surface area contributed by atoms with E-state index in [1.54, 1.807) is 6.26 Å². The Morgan fingerprint density at radius 2 is 1.90 bits per heavy atom. The zero-order chi connectivity index (χ0) is 19.4. The average Bonchev–Trinajstić information content (AvgIpc) is 3.33. The van der Waals surface area contributed by atoms with Gasteiger partial charge in [0.15, 0.2) is 5.76 Å². The predicted molar refractivity (Wildman–Crippen MR) is 117 cm³/mol. The Balaban J connectivity index is 1.60. The van der Waals surface area contributed by atoms with Crippen molar-refractivity contribution in [3.63, 3.8) is 0 Å². The van der Waals surface area contributed by atoms with Gasteiger partial charge in [-0.05, 0) is 54.7 Å². The summed E-state index contributed by atoms with van der Waals surface area (Å²) < 4.78 is 8.85. The maximum atomic E-state index is 5.63. The molecule has 6 rings (SSSR count). The number of fused-ring (bicyclic) bond motifs is 3. The minimum atomic E-state index is 0.542. The number of halogens is 1. The summed E-state index contributed by atoms with van der Waals surface area (Å²) >= 11 is 3.73. The van der Waals surface area contributed by atoms with E-state index >= 15 is 0 Å². The fourth-order valence-corrected chi connectivity index (χ4v) is 4.57. The fourth-order valence-electron chi connectivity index (χ4n) is 4.10. The molecule has 0 saturated heterocycles. The van der Waals surface area contributed by atoms with Crippen LogP contribution < -0.4 is 0 Å². The highest BCUT2D eigenvalue weighted by Gasteiger charge is 2.28. The van der Waals surface area contributed by atoms with Crippen LogP contribution in [-0.4, -0.2) is 15.3 Å². The third kappa shape index (κ3) is 2.80. The second kappa shape index (κ2) is 6.56. The monoisotopic (exact) mass is 443 g/mol. The zero-order valence-corrected chi connectivity index (χ0v) is 17.3. The number of furan rings is 1. The lowest BCUT2D eigenvalue weighted by Gasteiger charge is -2.14. The molecule has 4 nitrogen and oxygen atoms in total. The van der Waals surface area contributed by atoms with Gasteiger partial charge in [0, 0.05) is 15.6 Å². The first kappa shape index (κ1) is 17.0. The maximum Gasteiger partial charge on any atom is 0.154 e. The highest BCUT2D eigenvalue weighted by molar-refractivity contribution is 9.10. The Hall–Kier alpha value is -2.92. The summed E-state index contributed by atoms with van der Waals surface area (Å²) in [7, 11) is 0. The Morgan fingerprint density at radius 1 is 1.00 bits per heavy atom. The van der Waals surface area contributed by atoms with E-state index < -0.39 is 0 Å². The molecule has 142 valence electrons. The third-order valence-corrected chi connectivity index (χ3v) is 6.41. The van der Waals surface area contributed by atoms with Crippen molar-refractivity contribution in [1.29, 1.82) is 0 Å².